The molecular weight excluding hydrogens is 629 g/mol. The van der Waals surface area contributed by atoms with E-state index in [1.807, 2.05) is 11.0 Å². The third-order valence-electron chi connectivity index (χ3n) is 8.77. The molecule has 15 heteroatoms. The minimum atomic E-state index is -4.86. The molecule has 2 unspecified atom stereocenters. The number of ether oxygens (including phenoxy) is 2. The number of halogens is 4. The summed E-state index contributed by atoms with van der Waals surface area (Å²) in [5.74, 6) is 0.827. The molecule has 0 aromatic carbocycles. The molecule has 45 heavy (non-hydrogen) atoms. The maximum Gasteiger partial charge on any atom is 0.423 e. The first-order valence-corrected chi connectivity index (χ1v) is 19.7. The van der Waals surface area contributed by atoms with Crippen molar-refractivity contribution < 1.29 is 27.4 Å². The Labute approximate surface area is 267 Å². The van der Waals surface area contributed by atoms with E-state index >= 15 is 0 Å². The van der Waals surface area contributed by atoms with Crippen LogP contribution in [0, 0.1) is 0 Å². The van der Waals surface area contributed by atoms with Gasteiger partial charge in [0.15, 0.2) is 0 Å². The topological polar surface area (TPSA) is 93.0 Å². The van der Waals surface area contributed by atoms with Crippen molar-refractivity contribution in [3.8, 4) is 0 Å². The van der Waals surface area contributed by atoms with Crippen LogP contribution in [0.5, 0.6) is 0 Å². The molecule has 1 amide bonds. The van der Waals surface area contributed by atoms with Crippen LogP contribution < -0.4 is 15.4 Å². The first-order valence-electron chi connectivity index (χ1n) is 15.6. The van der Waals surface area contributed by atoms with Gasteiger partial charge in [-0.2, -0.15) is 18.3 Å². The molecule has 0 N–H and O–H groups in total. The summed E-state index contributed by atoms with van der Waals surface area (Å²) < 4.78 is 55.5. The Hall–Kier alpha value is -2.68. The summed E-state index contributed by atoms with van der Waals surface area (Å²) >= 11 is 5.94. The first kappa shape index (κ1) is 33.7. The fraction of sp³-hybridized carbons (Fsp3) is 0.667. The summed E-state index contributed by atoms with van der Waals surface area (Å²) in [4.78, 5) is 36.1. The number of piperazine rings is 1. The molecule has 3 aliphatic heterocycles. The molecule has 5 heterocycles. The minimum Gasteiger partial charge on any atom is -0.372 e. The molecule has 0 bridgehead atoms. The van der Waals surface area contributed by atoms with Crippen molar-refractivity contribution in [1.82, 2.24) is 19.7 Å². The first-order chi connectivity index (χ1) is 21.3. The Morgan fingerprint density at radius 1 is 1.09 bits per heavy atom. The Bertz CT molecular complexity index is 1380. The highest BCUT2D eigenvalue weighted by Gasteiger charge is 2.44. The molecular formula is C30H42ClF3N6O4Si. The van der Waals surface area contributed by atoms with E-state index in [4.69, 9.17) is 21.1 Å². The number of pyridine rings is 1. The van der Waals surface area contributed by atoms with Crippen LogP contribution in [0.1, 0.15) is 37.7 Å². The predicted molar refractivity (Wildman–Crippen MR) is 169 cm³/mol. The Morgan fingerprint density at radius 2 is 1.84 bits per heavy atom. The molecule has 0 radical (unpaired) electrons. The average molecular weight is 671 g/mol. The Morgan fingerprint density at radius 3 is 2.51 bits per heavy atom. The highest BCUT2D eigenvalue weighted by atomic mass is 35.5. The van der Waals surface area contributed by atoms with Crippen molar-refractivity contribution in [3.63, 3.8) is 0 Å². The number of amides is 1. The van der Waals surface area contributed by atoms with Gasteiger partial charge in [-0.15, -0.1) is 0 Å². The molecule has 0 aliphatic carbocycles. The van der Waals surface area contributed by atoms with Crippen LogP contribution >= 0.6 is 11.6 Å². The van der Waals surface area contributed by atoms with Crippen LogP contribution in [-0.2, 0) is 27.2 Å². The zero-order valence-electron chi connectivity index (χ0n) is 26.1. The number of hydrogen-bond acceptors (Lipinski definition) is 8. The van der Waals surface area contributed by atoms with Gasteiger partial charge in [0.25, 0.3) is 5.56 Å². The van der Waals surface area contributed by atoms with E-state index in [1.165, 1.54) is 0 Å². The van der Waals surface area contributed by atoms with E-state index in [2.05, 4.69) is 34.6 Å². The number of carbonyl (C=O) groups is 1. The summed E-state index contributed by atoms with van der Waals surface area (Å²) in [5, 5.41) is 4.64. The smallest absolute Gasteiger partial charge is 0.372 e. The van der Waals surface area contributed by atoms with Crippen LogP contribution in [0.4, 0.5) is 24.7 Å². The maximum atomic E-state index is 14.3. The van der Waals surface area contributed by atoms with Crippen LogP contribution in [0.25, 0.3) is 0 Å². The summed E-state index contributed by atoms with van der Waals surface area (Å²) in [6.07, 6.45) is 0.0460. The Kier molecular flexibility index (Phi) is 10.5. The molecule has 0 saturated carbocycles. The van der Waals surface area contributed by atoms with Crippen LogP contribution in [0.3, 0.4) is 0 Å². The van der Waals surface area contributed by atoms with Crippen molar-refractivity contribution >= 4 is 37.1 Å². The van der Waals surface area contributed by atoms with Crippen molar-refractivity contribution in [1.29, 1.82) is 0 Å². The average Bonchev–Trinajstić information content (AvgIpc) is 3.65. The van der Waals surface area contributed by atoms with E-state index in [9.17, 15) is 22.8 Å². The largest absolute Gasteiger partial charge is 0.423 e. The van der Waals surface area contributed by atoms with Crippen molar-refractivity contribution in [2.24, 2.45) is 0 Å². The lowest BCUT2D eigenvalue weighted by Gasteiger charge is -2.36. The lowest BCUT2D eigenvalue weighted by molar-refractivity contribution is -0.139. The van der Waals surface area contributed by atoms with Gasteiger partial charge in [0.05, 0.1) is 41.6 Å². The fourth-order valence-corrected chi connectivity index (χ4v) is 7.16. The number of rotatable bonds is 10. The second-order valence-corrected chi connectivity index (χ2v) is 19.3. The van der Waals surface area contributed by atoms with E-state index in [-0.39, 0.29) is 43.0 Å². The normalized spacial score (nSPS) is 22.8. The third kappa shape index (κ3) is 8.38. The van der Waals surface area contributed by atoms with Gasteiger partial charge in [0, 0.05) is 53.6 Å². The zero-order valence-corrected chi connectivity index (χ0v) is 27.8. The standard InChI is InChI=1S/C30H42ClF3N6O4Si/c1-45(2,3)16-15-43-20-40-29(42)28(30(32,33)34)24(19-36-40)39-10-4-5-23(39)25-8-7-22(44-25)17-27(41)38-13-11-37(12-14-38)26-9-6-21(31)18-35-26/h6,9,18-19,22-23,25H,4-5,7-8,10-17,20H2,1-3H3/t22?,23-,25?/m0/s1. The molecule has 3 saturated heterocycles. The third-order valence-corrected chi connectivity index (χ3v) is 10.7. The highest BCUT2D eigenvalue weighted by molar-refractivity contribution is 6.76. The summed E-state index contributed by atoms with van der Waals surface area (Å²) in [6, 6.07) is 4.14. The van der Waals surface area contributed by atoms with E-state index in [0.29, 0.717) is 70.0 Å². The number of carbonyl (C=O) groups excluding carboxylic acids is 1. The van der Waals surface area contributed by atoms with Gasteiger partial charge in [-0.25, -0.2) is 9.67 Å². The lowest BCUT2D eigenvalue weighted by atomic mass is 10.0. The van der Waals surface area contributed by atoms with Gasteiger partial charge in [-0.05, 0) is 43.9 Å². The van der Waals surface area contributed by atoms with E-state index in [1.54, 1.807) is 17.2 Å². The fourth-order valence-electron chi connectivity index (χ4n) is 6.29. The second kappa shape index (κ2) is 14.0. The van der Waals surface area contributed by atoms with Crippen LogP contribution in [0.2, 0.25) is 30.7 Å². The summed E-state index contributed by atoms with van der Waals surface area (Å²) in [7, 11) is -1.40. The van der Waals surface area contributed by atoms with Gasteiger partial charge in [-0.3, -0.25) is 9.59 Å². The molecule has 2 aromatic rings. The zero-order chi connectivity index (χ0) is 32.4. The monoisotopic (exact) mass is 670 g/mol. The number of hydrogen-bond donors (Lipinski definition) is 0. The number of nitrogens with zero attached hydrogens (tertiary/aromatic N) is 6. The van der Waals surface area contributed by atoms with E-state index in [0.717, 1.165) is 22.7 Å². The van der Waals surface area contributed by atoms with Gasteiger partial charge in [-0.1, -0.05) is 31.2 Å². The maximum absolute atomic E-state index is 14.3. The number of anilines is 2. The molecule has 2 aromatic heterocycles. The number of alkyl halides is 3. The van der Waals surface area contributed by atoms with Crippen LogP contribution in [0.15, 0.2) is 29.3 Å². The number of aromatic nitrogens is 3. The van der Waals surface area contributed by atoms with Gasteiger partial charge in [0.2, 0.25) is 5.91 Å². The van der Waals surface area contributed by atoms with Crippen molar-refractivity contribution in [2.45, 2.75) is 88.9 Å². The highest BCUT2D eigenvalue weighted by Crippen LogP contribution is 2.39. The molecule has 5 rings (SSSR count). The molecule has 3 fully saturated rings. The molecule has 248 valence electrons. The van der Waals surface area contributed by atoms with Crippen molar-refractivity contribution in [2.75, 3.05) is 49.1 Å². The van der Waals surface area contributed by atoms with Gasteiger partial charge in [0.1, 0.15) is 18.1 Å². The van der Waals surface area contributed by atoms with E-state index < -0.39 is 25.4 Å². The minimum absolute atomic E-state index is 0.00636. The molecule has 0 spiro atoms. The lowest BCUT2D eigenvalue weighted by Crippen LogP contribution is -2.49. The SMILES string of the molecule is C[Si](C)(C)CCOCn1ncc(N2CCC[C@H]2C2CCC(CC(=O)N3CCN(c4ccc(Cl)cn4)CC3)O2)c(C(F)(F)F)c1=O. The summed E-state index contributed by atoms with van der Waals surface area (Å²) in [5.41, 5.74) is -2.65. The molecule has 3 aliphatic rings. The second-order valence-electron chi connectivity index (χ2n) is 13.2. The predicted octanol–water partition coefficient (Wildman–Crippen LogP) is 4.88. The molecule has 3 atom stereocenters. The Balaban J connectivity index is 1.19. The van der Waals surface area contributed by atoms with Gasteiger partial charge < -0.3 is 24.2 Å². The summed E-state index contributed by atoms with van der Waals surface area (Å²) in [6.45, 7) is 9.35. The van der Waals surface area contributed by atoms with Gasteiger partial charge >= 0.3 is 6.18 Å². The quantitative estimate of drug-likeness (QED) is 0.261. The van der Waals surface area contributed by atoms with Crippen LogP contribution in [-0.4, -0.2) is 91.2 Å². The van der Waals surface area contributed by atoms with Crippen molar-refractivity contribution in [3.05, 3.63) is 45.5 Å². The molecule has 10 nitrogen and oxygen atoms in total.